The number of rotatable bonds is 4. The Kier molecular flexibility index (Phi) is 5.82. The summed E-state index contributed by atoms with van der Waals surface area (Å²) in [5, 5.41) is 35.3. The topological polar surface area (TPSA) is 119 Å². The molecule has 1 amide bonds. The van der Waals surface area contributed by atoms with Crippen LogP contribution in [0.5, 0.6) is 0 Å². The molecule has 1 aromatic rings. The summed E-state index contributed by atoms with van der Waals surface area (Å²) < 4.78 is 0. The first-order valence-corrected chi connectivity index (χ1v) is 14.2. The van der Waals surface area contributed by atoms with Gasteiger partial charge in [-0.15, -0.1) is 0 Å². The molecule has 0 radical (unpaired) electrons. The molecule has 7 rings (SSSR count). The van der Waals surface area contributed by atoms with Crippen molar-refractivity contribution in [1.29, 1.82) is 0 Å². The van der Waals surface area contributed by atoms with E-state index < -0.39 is 11.5 Å². The minimum absolute atomic E-state index is 0.102. The van der Waals surface area contributed by atoms with Gasteiger partial charge in [0.15, 0.2) is 0 Å². The number of aromatic nitrogens is 2. The number of carbonyl (C=O) groups excluding carboxylic acids is 1. The molecule has 186 valence electrons. The van der Waals surface area contributed by atoms with Crippen LogP contribution in [0.3, 0.4) is 0 Å². The summed E-state index contributed by atoms with van der Waals surface area (Å²) in [7, 11) is 0. The van der Waals surface area contributed by atoms with E-state index in [-0.39, 0.29) is 23.6 Å². The van der Waals surface area contributed by atoms with Crippen LogP contribution < -0.4 is 10.2 Å². The third kappa shape index (κ3) is 4.12. The zero-order valence-electron chi connectivity index (χ0n) is 19.7. The third-order valence-electron chi connectivity index (χ3n) is 9.01. The maximum atomic E-state index is 13.6. The lowest BCUT2D eigenvalue weighted by atomic mass is 9.52. The van der Waals surface area contributed by atoms with Crippen LogP contribution in [0.4, 0.5) is 5.95 Å². The Morgan fingerprint density at radius 3 is 2.50 bits per heavy atom. The molecule has 34 heavy (non-hydrogen) atoms. The molecule has 2 atom stereocenters. The summed E-state index contributed by atoms with van der Waals surface area (Å²) in [6.07, 6.45) is 11.7. The van der Waals surface area contributed by atoms with E-state index in [1.54, 1.807) is 6.20 Å². The van der Waals surface area contributed by atoms with E-state index in [4.69, 9.17) is 4.98 Å². The maximum absolute atomic E-state index is 13.6. The lowest BCUT2D eigenvalue weighted by Gasteiger charge is -2.58. The second kappa shape index (κ2) is 8.61. The molecule has 1 saturated heterocycles. The molecule has 2 heterocycles. The molecular formula is C25H36N4O4S. The van der Waals surface area contributed by atoms with Crippen LogP contribution in [0.15, 0.2) is 6.20 Å². The zero-order valence-corrected chi connectivity index (χ0v) is 20.5. The summed E-state index contributed by atoms with van der Waals surface area (Å²) in [6, 6.07) is 0.102. The van der Waals surface area contributed by atoms with Gasteiger partial charge in [-0.2, -0.15) is 11.8 Å². The Bertz CT molecular complexity index is 937. The summed E-state index contributed by atoms with van der Waals surface area (Å²) in [4.78, 5) is 24.4. The van der Waals surface area contributed by atoms with Crippen molar-refractivity contribution in [1.82, 2.24) is 15.3 Å². The molecule has 5 saturated carbocycles. The highest BCUT2D eigenvalue weighted by Gasteiger charge is 2.55. The number of thioether (sulfide) groups is 1. The van der Waals surface area contributed by atoms with Gasteiger partial charge in [0.2, 0.25) is 5.95 Å². The fourth-order valence-electron chi connectivity index (χ4n) is 7.71. The number of carbonyl (C=O) groups is 1. The van der Waals surface area contributed by atoms with Gasteiger partial charge in [0.1, 0.15) is 0 Å². The van der Waals surface area contributed by atoms with Crippen molar-refractivity contribution in [2.75, 3.05) is 23.0 Å². The molecule has 8 nitrogen and oxygen atoms in total. The van der Waals surface area contributed by atoms with E-state index in [2.05, 4.69) is 10.3 Å². The van der Waals surface area contributed by atoms with Crippen molar-refractivity contribution in [3.63, 3.8) is 0 Å². The van der Waals surface area contributed by atoms with Gasteiger partial charge in [0.25, 0.3) is 11.8 Å². The fourth-order valence-corrected chi connectivity index (χ4v) is 8.59. The number of hydrogen-bond donors (Lipinski definition) is 4. The van der Waals surface area contributed by atoms with E-state index >= 15 is 0 Å². The van der Waals surface area contributed by atoms with Gasteiger partial charge < -0.3 is 20.6 Å². The molecule has 5 aliphatic carbocycles. The van der Waals surface area contributed by atoms with Crippen molar-refractivity contribution in [3.05, 3.63) is 17.5 Å². The molecule has 0 aromatic carbocycles. The molecule has 4 bridgehead atoms. The van der Waals surface area contributed by atoms with Crippen molar-refractivity contribution in [3.8, 4) is 0 Å². The quantitative estimate of drug-likeness (QED) is 0.477. The van der Waals surface area contributed by atoms with Crippen LogP contribution in [-0.2, 0) is 0 Å². The predicted octanol–water partition coefficient (Wildman–Crippen LogP) is 2.39. The van der Waals surface area contributed by atoms with Crippen molar-refractivity contribution < 1.29 is 20.1 Å². The average Bonchev–Trinajstić information content (AvgIpc) is 2.80. The maximum Gasteiger partial charge on any atom is 0.258 e. The Balaban J connectivity index is 1.28. The Labute approximate surface area is 204 Å². The second-order valence-corrected chi connectivity index (χ2v) is 12.6. The highest BCUT2D eigenvalue weighted by atomic mass is 32.2. The number of anilines is 1. The molecule has 9 heteroatoms. The van der Waals surface area contributed by atoms with Crippen LogP contribution >= 0.6 is 11.8 Å². The monoisotopic (exact) mass is 488 g/mol. The normalized spacial score (nSPS) is 37.1. The second-order valence-electron chi connectivity index (χ2n) is 11.5. The highest BCUT2D eigenvalue weighted by Crippen LogP contribution is 2.55. The van der Waals surface area contributed by atoms with Crippen molar-refractivity contribution in [2.24, 2.45) is 17.8 Å². The molecule has 1 aliphatic heterocycles. The molecular weight excluding hydrogens is 452 g/mol. The van der Waals surface area contributed by atoms with Crippen molar-refractivity contribution >= 4 is 23.6 Å². The van der Waals surface area contributed by atoms with E-state index in [9.17, 15) is 20.1 Å². The van der Waals surface area contributed by atoms with E-state index in [1.165, 1.54) is 23.1 Å². The largest absolute Gasteiger partial charge is 0.390 e. The van der Waals surface area contributed by atoms with E-state index in [0.717, 1.165) is 69.2 Å². The summed E-state index contributed by atoms with van der Waals surface area (Å²) in [5.74, 6) is 0.585. The SMILES string of the molecule is O=C(N[C@H]1C2CC3CC1C[C@@](O)(C3)C2)c1cnc(N2CCSCC2(O)O)nc1C1CCCCC1. The van der Waals surface area contributed by atoms with Gasteiger partial charge >= 0.3 is 0 Å². The molecule has 2 unspecified atom stereocenters. The summed E-state index contributed by atoms with van der Waals surface area (Å²) in [5.41, 5.74) is 0.749. The van der Waals surface area contributed by atoms with E-state index in [0.29, 0.717) is 35.8 Å². The first-order chi connectivity index (χ1) is 16.3. The first-order valence-electron chi connectivity index (χ1n) is 13.0. The third-order valence-corrected chi connectivity index (χ3v) is 10.1. The number of nitrogens with zero attached hydrogens (tertiary/aromatic N) is 3. The molecule has 1 aromatic heterocycles. The number of hydrogen-bond acceptors (Lipinski definition) is 8. The Hall–Kier alpha value is -1.42. The lowest BCUT2D eigenvalue weighted by Crippen LogP contribution is -2.61. The van der Waals surface area contributed by atoms with Gasteiger partial charge in [0, 0.05) is 30.5 Å². The molecule has 4 N–H and O–H groups in total. The minimum atomic E-state index is -1.99. The Morgan fingerprint density at radius 2 is 1.82 bits per heavy atom. The Morgan fingerprint density at radius 1 is 1.09 bits per heavy atom. The smallest absolute Gasteiger partial charge is 0.258 e. The van der Waals surface area contributed by atoms with Crippen LogP contribution in [0.25, 0.3) is 0 Å². The fraction of sp³-hybridized carbons (Fsp3) is 0.800. The lowest BCUT2D eigenvalue weighted by molar-refractivity contribution is -0.142. The zero-order chi connectivity index (χ0) is 23.5. The van der Waals surface area contributed by atoms with Crippen LogP contribution in [-0.4, -0.2) is 66.8 Å². The van der Waals surface area contributed by atoms with Gasteiger partial charge in [-0.1, -0.05) is 19.3 Å². The summed E-state index contributed by atoms with van der Waals surface area (Å²) in [6.45, 7) is 0.447. The van der Waals surface area contributed by atoms with Gasteiger partial charge in [-0.25, -0.2) is 9.97 Å². The number of nitrogens with one attached hydrogen (secondary N) is 1. The number of aliphatic hydroxyl groups is 3. The van der Waals surface area contributed by atoms with E-state index in [1.807, 2.05) is 0 Å². The molecule has 6 fully saturated rings. The van der Waals surface area contributed by atoms with Gasteiger partial charge in [0.05, 0.1) is 22.6 Å². The molecule has 0 spiro atoms. The van der Waals surface area contributed by atoms with Crippen LogP contribution in [0.2, 0.25) is 0 Å². The van der Waals surface area contributed by atoms with Gasteiger partial charge in [-0.05, 0) is 62.7 Å². The highest BCUT2D eigenvalue weighted by molar-refractivity contribution is 7.99. The van der Waals surface area contributed by atoms with Crippen LogP contribution in [0, 0.1) is 17.8 Å². The standard InChI is InChI=1S/C25H36N4O4S/c30-22(27-20-17-8-15-9-18(20)12-24(31,10-15)11-17)19-13-26-23(29-6-7-34-14-25(29,32)33)28-21(19)16-4-2-1-3-5-16/h13,15-18,20,31-33H,1-12,14H2,(H,27,30)/t15?,17?,18?,20-,24+. The summed E-state index contributed by atoms with van der Waals surface area (Å²) >= 11 is 1.49. The molecule has 6 aliphatic rings. The van der Waals surface area contributed by atoms with Crippen LogP contribution in [0.1, 0.15) is 86.2 Å². The van der Waals surface area contributed by atoms with Gasteiger partial charge in [-0.3, -0.25) is 9.69 Å². The average molecular weight is 489 g/mol. The predicted molar refractivity (Wildman–Crippen MR) is 129 cm³/mol. The number of amides is 1. The van der Waals surface area contributed by atoms with Crippen molar-refractivity contribution in [2.45, 2.75) is 87.7 Å². The minimum Gasteiger partial charge on any atom is -0.390 e. The first kappa shape index (κ1) is 23.0.